The molecule has 0 atom stereocenters. The molecule has 0 unspecified atom stereocenters. The van der Waals surface area contributed by atoms with Crippen molar-refractivity contribution in [3.8, 4) is 11.6 Å². The van der Waals surface area contributed by atoms with Gasteiger partial charge in [-0.3, -0.25) is 0 Å². The zero-order valence-corrected chi connectivity index (χ0v) is 13.6. The molecule has 1 heterocycles. The topological polar surface area (TPSA) is 47.0 Å². The maximum absolute atomic E-state index is 6.03. The van der Waals surface area contributed by atoms with Gasteiger partial charge in [0, 0.05) is 11.6 Å². The highest BCUT2D eigenvalue weighted by atomic mass is 35.5. The van der Waals surface area contributed by atoms with Crippen LogP contribution in [0.15, 0.2) is 18.2 Å². The summed E-state index contributed by atoms with van der Waals surface area (Å²) in [6.45, 7) is 8.77. The van der Waals surface area contributed by atoms with E-state index in [1.165, 1.54) is 0 Å². The summed E-state index contributed by atoms with van der Waals surface area (Å²) in [7, 11) is 0. The van der Waals surface area contributed by atoms with Crippen LogP contribution in [0.5, 0.6) is 11.6 Å². The third kappa shape index (κ3) is 3.85. The number of halogens is 1. The maximum Gasteiger partial charge on any atom is 0.227 e. The van der Waals surface area contributed by atoms with E-state index in [-0.39, 0.29) is 0 Å². The molecule has 1 N–H and O–H groups in total. The number of hydrogen-bond acceptors (Lipinski definition) is 4. The minimum Gasteiger partial charge on any atom is -0.438 e. The van der Waals surface area contributed by atoms with Crippen LogP contribution in [0, 0.1) is 20.8 Å². The first-order chi connectivity index (χ1) is 10.0. The summed E-state index contributed by atoms with van der Waals surface area (Å²) in [5.41, 5.74) is 1.91. The zero-order chi connectivity index (χ0) is 15.4. The van der Waals surface area contributed by atoms with Crippen molar-refractivity contribution in [1.29, 1.82) is 0 Å². The van der Waals surface area contributed by atoms with Crippen LogP contribution in [0.1, 0.15) is 30.3 Å². The number of anilines is 1. The van der Waals surface area contributed by atoms with Crippen molar-refractivity contribution in [2.75, 3.05) is 11.9 Å². The lowest BCUT2D eigenvalue weighted by molar-refractivity contribution is 0.452. The largest absolute Gasteiger partial charge is 0.438 e. The molecule has 0 saturated carbocycles. The molecule has 112 valence electrons. The maximum atomic E-state index is 6.03. The van der Waals surface area contributed by atoms with Crippen LogP contribution in [0.4, 0.5) is 5.82 Å². The molecule has 0 fully saturated rings. The van der Waals surface area contributed by atoms with Crippen LogP contribution in [0.25, 0.3) is 0 Å². The average Bonchev–Trinajstić information content (AvgIpc) is 2.44. The predicted molar refractivity (Wildman–Crippen MR) is 86.5 cm³/mol. The Kier molecular flexibility index (Phi) is 5.02. The lowest BCUT2D eigenvalue weighted by Gasteiger charge is -2.14. The van der Waals surface area contributed by atoms with E-state index >= 15 is 0 Å². The molecule has 0 amide bonds. The normalized spacial score (nSPS) is 10.5. The van der Waals surface area contributed by atoms with Crippen molar-refractivity contribution in [3.05, 3.63) is 40.2 Å². The van der Waals surface area contributed by atoms with E-state index in [1.54, 1.807) is 6.07 Å². The molecule has 4 nitrogen and oxygen atoms in total. The first kappa shape index (κ1) is 15.6. The molecule has 0 radical (unpaired) electrons. The minimum absolute atomic E-state index is 0.562. The van der Waals surface area contributed by atoms with E-state index in [1.807, 2.05) is 32.9 Å². The number of nitrogens with zero attached hydrogens (tertiary/aromatic N) is 2. The van der Waals surface area contributed by atoms with Crippen molar-refractivity contribution in [3.63, 3.8) is 0 Å². The zero-order valence-electron chi connectivity index (χ0n) is 12.8. The summed E-state index contributed by atoms with van der Waals surface area (Å²) >= 11 is 6.03. The summed E-state index contributed by atoms with van der Waals surface area (Å²) in [5.74, 6) is 2.77. The summed E-state index contributed by atoms with van der Waals surface area (Å²) in [4.78, 5) is 8.82. The molecule has 21 heavy (non-hydrogen) atoms. The molecule has 2 rings (SSSR count). The van der Waals surface area contributed by atoms with Gasteiger partial charge < -0.3 is 10.1 Å². The van der Waals surface area contributed by atoms with Gasteiger partial charge in [-0.05, 0) is 44.9 Å². The summed E-state index contributed by atoms with van der Waals surface area (Å²) < 4.78 is 5.95. The third-order valence-electron chi connectivity index (χ3n) is 3.11. The second kappa shape index (κ2) is 6.76. The summed E-state index contributed by atoms with van der Waals surface area (Å²) in [6, 6.07) is 5.57. The quantitative estimate of drug-likeness (QED) is 0.872. The van der Waals surface area contributed by atoms with Crippen molar-refractivity contribution < 1.29 is 4.74 Å². The van der Waals surface area contributed by atoms with Crippen LogP contribution < -0.4 is 10.1 Å². The predicted octanol–water partition coefficient (Wildman–Crippen LogP) is 4.67. The number of benzene rings is 1. The van der Waals surface area contributed by atoms with Gasteiger partial charge in [0.25, 0.3) is 0 Å². The Morgan fingerprint density at radius 1 is 1.19 bits per heavy atom. The van der Waals surface area contributed by atoms with Crippen molar-refractivity contribution in [2.24, 2.45) is 0 Å². The molecule has 1 aromatic heterocycles. The number of hydrogen-bond donors (Lipinski definition) is 1. The second-order valence-electron chi connectivity index (χ2n) is 4.99. The fourth-order valence-electron chi connectivity index (χ4n) is 1.91. The van der Waals surface area contributed by atoms with Crippen molar-refractivity contribution in [1.82, 2.24) is 9.97 Å². The number of aromatic nitrogens is 2. The summed E-state index contributed by atoms with van der Waals surface area (Å²) in [5, 5.41) is 3.94. The summed E-state index contributed by atoms with van der Waals surface area (Å²) in [6.07, 6.45) is 1.03. The van der Waals surface area contributed by atoms with Crippen molar-refractivity contribution in [2.45, 2.75) is 34.1 Å². The second-order valence-corrected chi connectivity index (χ2v) is 5.42. The Balaban J connectivity index is 2.35. The Bertz CT molecular complexity index is 644. The highest BCUT2D eigenvalue weighted by molar-refractivity contribution is 6.30. The lowest BCUT2D eigenvalue weighted by atomic mass is 10.2. The highest BCUT2D eigenvalue weighted by Gasteiger charge is 2.12. The number of ether oxygens (including phenoxy) is 1. The first-order valence-electron chi connectivity index (χ1n) is 7.04. The van der Waals surface area contributed by atoms with Gasteiger partial charge in [0.1, 0.15) is 17.4 Å². The molecule has 0 aliphatic carbocycles. The van der Waals surface area contributed by atoms with Gasteiger partial charge >= 0.3 is 0 Å². The van der Waals surface area contributed by atoms with E-state index < -0.39 is 0 Å². The fraction of sp³-hybridized carbons (Fsp3) is 0.375. The molecule has 2 aromatic rings. The lowest BCUT2D eigenvalue weighted by Crippen LogP contribution is -2.07. The van der Waals surface area contributed by atoms with Crippen LogP contribution in [-0.4, -0.2) is 16.5 Å². The number of rotatable bonds is 5. The third-order valence-corrected chi connectivity index (χ3v) is 3.35. The van der Waals surface area contributed by atoms with Gasteiger partial charge in [-0.2, -0.15) is 4.98 Å². The number of nitrogens with one attached hydrogen (secondary N) is 1. The van der Waals surface area contributed by atoms with E-state index in [0.717, 1.165) is 29.9 Å². The Morgan fingerprint density at radius 3 is 2.67 bits per heavy atom. The number of aryl methyl sites for hydroxylation is 2. The minimum atomic E-state index is 0.562. The van der Waals surface area contributed by atoms with Gasteiger partial charge in [-0.15, -0.1) is 0 Å². The SMILES string of the molecule is CCCNc1nc(C)nc(Oc2cc(Cl)ccc2C)c1C. The van der Waals surface area contributed by atoms with Crippen LogP contribution in [0.3, 0.4) is 0 Å². The molecule has 0 bridgehead atoms. The van der Waals surface area contributed by atoms with Crippen LogP contribution in [0.2, 0.25) is 5.02 Å². The smallest absolute Gasteiger partial charge is 0.227 e. The molecule has 1 aromatic carbocycles. The van der Waals surface area contributed by atoms with E-state index in [4.69, 9.17) is 16.3 Å². The van der Waals surface area contributed by atoms with E-state index in [0.29, 0.717) is 22.5 Å². The Hall–Kier alpha value is -1.81. The Labute approximate surface area is 130 Å². The van der Waals surface area contributed by atoms with Gasteiger partial charge in [0.15, 0.2) is 0 Å². The van der Waals surface area contributed by atoms with Gasteiger partial charge in [0.05, 0.1) is 5.56 Å². The molecule has 0 aliphatic heterocycles. The van der Waals surface area contributed by atoms with Crippen molar-refractivity contribution >= 4 is 17.4 Å². The molecule has 0 spiro atoms. The molecule has 5 heteroatoms. The van der Waals surface area contributed by atoms with Crippen LogP contribution in [-0.2, 0) is 0 Å². The monoisotopic (exact) mass is 305 g/mol. The van der Waals surface area contributed by atoms with Gasteiger partial charge in [-0.25, -0.2) is 4.98 Å². The molecule has 0 saturated heterocycles. The standard InChI is InChI=1S/C16H20ClN3O/c1-5-8-18-15-11(3)16(20-12(4)19-15)21-14-9-13(17)7-6-10(14)2/h6-7,9H,5,8H2,1-4H3,(H,18,19,20). The Morgan fingerprint density at radius 2 is 1.95 bits per heavy atom. The van der Waals surface area contributed by atoms with Gasteiger partial charge in [0.2, 0.25) is 5.88 Å². The molecule has 0 aliphatic rings. The first-order valence-corrected chi connectivity index (χ1v) is 7.42. The van der Waals surface area contributed by atoms with Gasteiger partial charge in [-0.1, -0.05) is 24.6 Å². The van der Waals surface area contributed by atoms with E-state index in [2.05, 4.69) is 22.2 Å². The fourth-order valence-corrected chi connectivity index (χ4v) is 2.07. The molecular formula is C16H20ClN3O. The van der Waals surface area contributed by atoms with E-state index in [9.17, 15) is 0 Å². The van der Waals surface area contributed by atoms with Crippen LogP contribution >= 0.6 is 11.6 Å². The average molecular weight is 306 g/mol. The highest BCUT2D eigenvalue weighted by Crippen LogP contribution is 2.30. The molecular weight excluding hydrogens is 286 g/mol.